The Morgan fingerprint density at radius 1 is 1.17 bits per heavy atom. The Labute approximate surface area is 139 Å². The van der Waals surface area contributed by atoms with Crippen molar-refractivity contribution < 1.29 is 4.42 Å². The summed E-state index contributed by atoms with van der Waals surface area (Å²) in [5.41, 5.74) is 4.48. The highest BCUT2D eigenvalue weighted by atomic mass is 16.3. The summed E-state index contributed by atoms with van der Waals surface area (Å²) in [5, 5.41) is 13.7. The van der Waals surface area contributed by atoms with Crippen LogP contribution < -0.4 is 0 Å². The second-order valence-electron chi connectivity index (χ2n) is 6.83. The van der Waals surface area contributed by atoms with E-state index < -0.39 is 0 Å². The van der Waals surface area contributed by atoms with Gasteiger partial charge in [-0.15, -0.1) is 10.2 Å². The van der Waals surface area contributed by atoms with Gasteiger partial charge in [0.25, 0.3) is 0 Å². The van der Waals surface area contributed by atoms with Crippen LogP contribution >= 0.6 is 0 Å². The molecule has 4 heterocycles. The van der Waals surface area contributed by atoms with E-state index >= 15 is 0 Å². The van der Waals surface area contributed by atoms with E-state index in [1.807, 2.05) is 4.52 Å². The second-order valence-corrected chi connectivity index (χ2v) is 6.83. The van der Waals surface area contributed by atoms with Gasteiger partial charge >= 0.3 is 0 Å². The first-order valence-electron chi connectivity index (χ1n) is 8.70. The maximum atomic E-state index is 5.05. The van der Waals surface area contributed by atoms with Crippen LogP contribution in [0.2, 0.25) is 0 Å². The van der Waals surface area contributed by atoms with Gasteiger partial charge in [-0.3, -0.25) is 4.90 Å². The quantitative estimate of drug-likeness (QED) is 0.733. The predicted molar refractivity (Wildman–Crippen MR) is 86.6 cm³/mol. The van der Waals surface area contributed by atoms with Gasteiger partial charge < -0.3 is 4.42 Å². The van der Waals surface area contributed by atoms with Gasteiger partial charge in [0.1, 0.15) is 6.26 Å². The minimum Gasteiger partial charge on any atom is -0.451 e. The number of aromatic nitrogens is 5. The highest BCUT2D eigenvalue weighted by Crippen LogP contribution is 2.28. The largest absolute Gasteiger partial charge is 0.451 e. The van der Waals surface area contributed by atoms with E-state index in [-0.39, 0.29) is 0 Å². The molecule has 0 unspecified atom stereocenters. The van der Waals surface area contributed by atoms with Crippen molar-refractivity contribution in [3.05, 3.63) is 41.5 Å². The van der Waals surface area contributed by atoms with Gasteiger partial charge in [0.05, 0.1) is 11.4 Å². The molecule has 0 radical (unpaired) electrons. The zero-order valence-electron chi connectivity index (χ0n) is 13.6. The third-order valence-electron chi connectivity index (χ3n) is 5.27. The summed E-state index contributed by atoms with van der Waals surface area (Å²) in [5.74, 6) is 1.46. The van der Waals surface area contributed by atoms with E-state index in [0.717, 1.165) is 62.5 Å². The normalized spacial score (nSPS) is 19.2. The molecule has 1 aliphatic heterocycles. The van der Waals surface area contributed by atoms with Gasteiger partial charge in [-0.05, 0) is 56.8 Å². The van der Waals surface area contributed by atoms with Gasteiger partial charge in [0.2, 0.25) is 0 Å². The Bertz CT molecular complexity index is 847. The van der Waals surface area contributed by atoms with Crippen molar-refractivity contribution in [2.24, 2.45) is 0 Å². The molecule has 1 fully saturated rings. The molecule has 2 aliphatic rings. The van der Waals surface area contributed by atoms with E-state index in [9.17, 15) is 0 Å². The summed E-state index contributed by atoms with van der Waals surface area (Å²) in [4.78, 5) is 6.63. The SMILES string of the molecule is c1nc(CN2CCC(c3nnc4cc5c(nn34)CCC5)CC2)co1. The molecule has 7 heteroatoms. The standard InChI is InChI=1S/C17H20N6O/c1-2-13-8-16-19-20-17(23(16)21-15(13)3-1)12-4-6-22(7-5-12)9-14-10-24-11-18-14/h8,10-12H,1-7,9H2. The van der Waals surface area contributed by atoms with Crippen molar-refractivity contribution >= 4 is 5.65 Å². The number of piperidine rings is 1. The first-order valence-corrected chi connectivity index (χ1v) is 8.70. The maximum absolute atomic E-state index is 5.05. The average Bonchev–Trinajstić information content (AvgIpc) is 3.34. The smallest absolute Gasteiger partial charge is 0.180 e. The minimum absolute atomic E-state index is 0.431. The van der Waals surface area contributed by atoms with E-state index in [0.29, 0.717) is 5.92 Å². The van der Waals surface area contributed by atoms with Crippen molar-refractivity contribution in [3.63, 3.8) is 0 Å². The Kier molecular flexibility index (Phi) is 3.33. The Morgan fingerprint density at radius 2 is 2.08 bits per heavy atom. The van der Waals surface area contributed by atoms with E-state index in [1.165, 1.54) is 24.1 Å². The monoisotopic (exact) mass is 324 g/mol. The number of nitrogens with zero attached hydrogens (tertiary/aromatic N) is 6. The Morgan fingerprint density at radius 3 is 2.92 bits per heavy atom. The van der Waals surface area contributed by atoms with Crippen LogP contribution in [0.25, 0.3) is 5.65 Å². The van der Waals surface area contributed by atoms with E-state index in [1.54, 1.807) is 6.26 Å². The lowest BCUT2D eigenvalue weighted by Crippen LogP contribution is -2.33. The van der Waals surface area contributed by atoms with Gasteiger partial charge in [0, 0.05) is 12.5 Å². The van der Waals surface area contributed by atoms with E-state index in [2.05, 4.69) is 26.1 Å². The summed E-state index contributed by atoms with van der Waals surface area (Å²) in [6, 6.07) is 2.17. The number of fused-ring (bicyclic) bond motifs is 2. The van der Waals surface area contributed by atoms with Crippen molar-refractivity contribution in [2.75, 3.05) is 13.1 Å². The minimum atomic E-state index is 0.431. The molecule has 3 aromatic heterocycles. The summed E-state index contributed by atoms with van der Waals surface area (Å²) >= 11 is 0. The summed E-state index contributed by atoms with van der Waals surface area (Å²) < 4.78 is 7.04. The number of rotatable bonds is 3. The number of hydrogen-bond donors (Lipinski definition) is 0. The van der Waals surface area contributed by atoms with Gasteiger partial charge in [-0.2, -0.15) is 9.61 Å². The summed E-state index contributed by atoms with van der Waals surface area (Å²) in [7, 11) is 0. The molecule has 0 bridgehead atoms. The lowest BCUT2D eigenvalue weighted by Gasteiger charge is -2.30. The molecule has 0 saturated carbocycles. The third kappa shape index (κ3) is 2.39. The summed E-state index contributed by atoms with van der Waals surface area (Å²) in [6.45, 7) is 2.93. The highest BCUT2D eigenvalue weighted by Gasteiger charge is 2.26. The fourth-order valence-corrected chi connectivity index (χ4v) is 3.94. The second kappa shape index (κ2) is 5.66. The lowest BCUT2D eigenvalue weighted by molar-refractivity contribution is 0.198. The molecule has 7 nitrogen and oxygen atoms in total. The van der Waals surface area contributed by atoms with E-state index in [4.69, 9.17) is 9.52 Å². The fraction of sp³-hybridized carbons (Fsp3) is 0.529. The maximum Gasteiger partial charge on any atom is 0.180 e. The van der Waals surface area contributed by atoms with Gasteiger partial charge in [-0.25, -0.2) is 4.98 Å². The Hall–Kier alpha value is -2.28. The van der Waals surface area contributed by atoms with Crippen LogP contribution in [-0.2, 0) is 19.4 Å². The van der Waals surface area contributed by atoms with Gasteiger partial charge in [0.15, 0.2) is 17.9 Å². The van der Waals surface area contributed by atoms with Crippen LogP contribution in [0.3, 0.4) is 0 Å². The molecule has 24 heavy (non-hydrogen) atoms. The first kappa shape index (κ1) is 14.1. The molecule has 0 spiro atoms. The van der Waals surface area contributed by atoms with Crippen molar-refractivity contribution in [1.82, 2.24) is 29.7 Å². The molecule has 0 N–H and O–H groups in total. The first-order chi connectivity index (χ1) is 11.9. The molecular weight excluding hydrogens is 304 g/mol. The highest BCUT2D eigenvalue weighted by molar-refractivity contribution is 5.43. The molecule has 5 rings (SSSR count). The van der Waals surface area contributed by atoms with Crippen LogP contribution in [-0.4, -0.2) is 42.8 Å². The number of aryl methyl sites for hydroxylation is 2. The number of hydrogen-bond acceptors (Lipinski definition) is 6. The third-order valence-corrected chi connectivity index (χ3v) is 5.27. The van der Waals surface area contributed by atoms with Crippen LogP contribution in [0.4, 0.5) is 0 Å². The van der Waals surface area contributed by atoms with Crippen LogP contribution in [0.1, 0.15) is 48.0 Å². The van der Waals surface area contributed by atoms with Crippen LogP contribution in [0.5, 0.6) is 0 Å². The predicted octanol–water partition coefficient (Wildman–Crippen LogP) is 1.98. The van der Waals surface area contributed by atoms with Gasteiger partial charge in [-0.1, -0.05) is 0 Å². The molecular formula is C17H20N6O. The average molecular weight is 324 g/mol. The van der Waals surface area contributed by atoms with Crippen molar-refractivity contribution in [3.8, 4) is 0 Å². The molecule has 1 saturated heterocycles. The Balaban J connectivity index is 1.34. The topological polar surface area (TPSA) is 72.4 Å². The number of oxazole rings is 1. The zero-order valence-corrected chi connectivity index (χ0v) is 13.6. The summed E-state index contributed by atoms with van der Waals surface area (Å²) in [6.07, 6.45) is 8.80. The molecule has 0 amide bonds. The zero-order chi connectivity index (χ0) is 15.9. The molecule has 124 valence electrons. The molecule has 1 aliphatic carbocycles. The number of likely N-dealkylation sites (tertiary alicyclic amines) is 1. The molecule has 0 aromatic carbocycles. The lowest BCUT2D eigenvalue weighted by atomic mass is 9.96. The molecule has 3 aromatic rings. The van der Waals surface area contributed by atoms with Crippen molar-refractivity contribution in [2.45, 2.75) is 44.6 Å². The van der Waals surface area contributed by atoms with Crippen molar-refractivity contribution in [1.29, 1.82) is 0 Å². The van der Waals surface area contributed by atoms with Crippen LogP contribution in [0, 0.1) is 0 Å². The fourth-order valence-electron chi connectivity index (χ4n) is 3.94. The van der Waals surface area contributed by atoms with Crippen LogP contribution in [0.15, 0.2) is 23.1 Å². The molecule has 0 atom stereocenters.